The van der Waals surface area contributed by atoms with Crippen LogP contribution in [0.2, 0.25) is 0 Å². The molecule has 13 heavy (non-hydrogen) atoms. The molecule has 2 heterocycles. The number of H-pyrrole nitrogens is 1. The van der Waals surface area contributed by atoms with Crippen LogP contribution in [-0.4, -0.2) is 9.97 Å². The molecule has 1 N–H and O–H groups in total. The van der Waals surface area contributed by atoms with Gasteiger partial charge in [-0.05, 0) is 40.5 Å². The fraction of sp³-hybridized carbons (Fsp3) is 0.111. The molecule has 4 heteroatoms. The second kappa shape index (κ2) is 2.96. The van der Waals surface area contributed by atoms with Gasteiger partial charge in [0, 0.05) is 11.5 Å². The van der Waals surface area contributed by atoms with Gasteiger partial charge >= 0.3 is 0 Å². The molecule has 0 bridgehead atoms. The molecule has 66 valence electrons. The van der Waals surface area contributed by atoms with E-state index < -0.39 is 0 Å². The predicted molar refractivity (Wildman–Crippen MR) is 54.8 cm³/mol. The Morgan fingerprint density at radius 2 is 2.23 bits per heavy atom. The molecule has 3 nitrogen and oxygen atoms in total. The lowest BCUT2D eigenvalue weighted by atomic mass is 10.2. The van der Waals surface area contributed by atoms with Crippen LogP contribution in [0.3, 0.4) is 0 Å². The van der Waals surface area contributed by atoms with Crippen LogP contribution < -0.4 is 5.56 Å². The first-order valence-corrected chi connectivity index (χ1v) is 4.62. The Hall–Kier alpha value is -1.16. The average molecular weight is 239 g/mol. The van der Waals surface area contributed by atoms with Gasteiger partial charge in [-0.25, -0.2) is 4.98 Å². The van der Waals surface area contributed by atoms with Crippen LogP contribution in [0.5, 0.6) is 0 Å². The van der Waals surface area contributed by atoms with Crippen molar-refractivity contribution < 1.29 is 0 Å². The molecule has 0 amide bonds. The number of halogens is 1. The molecule has 0 aliphatic carbocycles. The highest BCUT2D eigenvalue weighted by molar-refractivity contribution is 9.10. The highest BCUT2D eigenvalue weighted by Gasteiger charge is 2.00. The molecule has 0 aliphatic heterocycles. The predicted octanol–water partition coefficient (Wildman–Crippen LogP) is 1.99. The number of rotatable bonds is 0. The van der Waals surface area contributed by atoms with Crippen molar-refractivity contribution in [2.24, 2.45) is 0 Å². The van der Waals surface area contributed by atoms with Crippen LogP contribution in [0.25, 0.3) is 11.0 Å². The van der Waals surface area contributed by atoms with Gasteiger partial charge in [0.25, 0.3) is 0 Å². The molecule has 0 saturated heterocycles. The lowest BCUT2D eigenvalue weighted by Crippen LogP contribution is -2.05. The third-order valence-corrected chi connectivity index (χ3v) is 2.32. The minimum Gasteiger partial charge on any atom is -0.307 e. The van der Waals surface area contributed by atoms with Gasteiger partial charge in [0.1, 0.15) is 10.3 Å². The monoisotopic (exact) mass is 238 g/mol. The summed E-state index contributed by atoms with van der Waals surface area (Å²) < 4.78 is 0.723. The molecule has 0 spiro atoms. The van der Waals surface area contributed by atoms with E-state index in [1.165, 1.54) is 0 Å². The minimum atomic E-state index is -0.115. The van der Waals surface area contributed by atoms with Crippen molar-refractivity contribution in [3.05, 3.63) is 38.7 Å². The molecule has 0 unspecified atom stereocenters. The van der Waals surface area contributed by atoms with Crippen LogP contribution in [0.1, 0.15) is 5.56 Å². The van der Waals surface area contributed by atoms with Crippen LogP contribution in [0.4, 0.5) is 0 Å². The van der Waals surface area contributed by atoms with Gasteiger partial charge in [-0.3, -0.25) is 4.79 Å². The second-order valence-corrected chi connectivity index (χ2v) is 3.66. The molecule has 2 rings (SSSR count). The summed E-state index contributed by atoms with van der Waals surface area (Å²) in [4.78, 5) is 17.9. The van der Waals surface area contributed by atoms with Gasteiger partial charge in [-0.1, -0.05) is 0 Å². The van der Waals surface area contributed by atoms with E-state index in [-0.39, 0.29) is 5.56 Å². The zero-order chi connectivity index (χ0) is 9.42. The summed E-state index contributed by atoms with van der Waals surface area (Å²) in [5.41, 5.74) is 1.45. The molecule has 2 aromatic heterocycles. The molecular formula is C9H7BrN2O. The second-order valence-electron chi connectivity index (χ2n) is 2.85. The number of aromatic amines is 1. The van der Waals surface area contributed by atoms with Gasteiger partial charge < -0.3 is 4.98 Å². The first-order valence-electron chi connectivity index (χ1n) is 3.83. The Balaban J connectivity index is 2.94. The van der Waals surface area contributed by atoms with Gasteiger partial charge in [-0.2, -0.15) is 0 Å². The molecule has 0 atom stereocenters. The van der Waals surface area contributed by atoms with Crippen molar-refractivity contribution in [2.75, 3.05) is 0 Å². The number of pyridine rings is 2. The topological polar surface area (TPSA) is 45.8 Å². The summed E-state index contributed by atoms with van der Waals surface area (Å²) in [6.45, 7) is 1.90. The van der Waals surface area contributed by atoms with E-state index in [1.54, 1.807) is 6.07 Å². The zero-order valence-electron chi connectivity index (χ0n) is 6.97. The number of aryl methyl sites for hydroxylation is 1. The van der Waals surface area contributed by atoms with E-state index in [0.717, 1.165) is 15.6 Å². The largest absolute Gasteiger partial charge is 0.307 e. The maximum absolute atomic E-state index is 11.1. The van der Waals surface area contributed by atoms with E-state index in [9.17, 15) is 4.79 Å². The lowest BCUT2D eigenvalue weighted by molar-refractivity contribution is 1.20. The van der Waals surface area contributed by atoms with Gasteiger partial charge in [0.05, 0.1) is 0 Å². The number of hydrogen-bond acceptors (Lipinski definition) is 2. The van der Waals surface area contributed by atoms with Crippen molar-refractivity contribution in [1.29, 1.82) is 0 Å². The van der Waals surface area contributed by atoms with Crippen LogP contribution in [0.15, 0.2) is 27.6 Å². The summed E-state index contributed by atoms with van der Waals surface area (Å²) in [6.07, 6.45) is 0. The maximum Gasteiger partial charge on any atom is 0.249 e. The maximum atomic E-state index is 11.1. The van der Waals surface area contributed by atoms with Crippen LogP contribution >= 0.6 is 15.9 Å². The quantitative estimate of drug-likeness (QED) is 0.714. The highest BCUT2D eigenvalue weighted by atomic mass is 79.9. The standard InChI is InChI=1S/C9H7BrN2O/c1-5-4-8(13)12-9-6(5)2-3-7(10)11-9/h2-4H,1H3,(H,11,12,13). The Kier molecular flexibility index (Phi) is 1.92. The van der Waals surface area contributed by atoms with Crippen LogP contribution in [-0.2, 0) is 0 Å². The summed E-state index contributed by atoms with van der Waals surface area (Å²) in [5, 5.41) is 0.975. The van der Waals surface area contributed by atoms with Crippen molar-refractivity contribution in [3.8, 4) is 0 Å². The van der Waals surface area contributed by atoms with Crippen molar-refractivity contribution >= 4 is 27.0 Å². The van der Waals surface area contributed by atoms with E-state index in [1.807, 2.05) is 19.1 Å². The summed E-state index contributed by atoms with van der Waals surface area (Å²) in [7, 11) is 0. The average Bonchev–Trinajstić information content (AvgIpc) is 2.02. The molecule has 0 aliphatic rings. The SMILES string of the molecule is Cc1cc(=O)[nH]c2nc(Br)ccc12. The highest BCUT2D eigenvalue weighted by Crippen LogP contribution is 2.15. The van der Waals surface area contributed by atoms with E-state index in [0.29, 0.717) is 5.65 Å². The summed E-state index contributed by atoms with van der Waals surface area (Å²) in [5.74, 6) is 0. The third kappa shape index (κ3) is 1.49. The first-order chi connectivity index (χ1) is 6.16. The Labute approximate surface area is 82.9 Å². The van der Waals surface area contributed by atoms with Crippen molar-refractivity contribution in [1.82, 2.24) is 9.97 Å². The Bertz CT molecular complexity index is 518. The normalized spacial score (nSPS) is 10.6. The smallest absolute Gasteiger partial charge is 0.249 e. The number of hydrogen-bond donors (Lipinski definition) is 1. The Morgan fingerprint density at radius 1 is 1.46 bits per heavy atom. The number of nitrogens with zero attached hydrogens (tertiary/aromatic N) is 1. The molecule has 0 saturated carbocycles. The number of aromatic nitrogens is 2. The summed E-state index contributed by atoms with van der Waals surface area (Å²) in [6, 6.07) is 5.35. The van der Waals surface area contributed by atoms with E-state index >= 15 is 0 Å². The number of nitrogens with one attached hydrogen (secondary N) is 1. The van der Waals surface area contributed by atoms with Gasteiger partial charge in [-0.15, -0.1) is 0 Å². The molecular weight excluding hydrogens is 232 g/mol. The molecule has 0 aromatic carbocycles. The fourth-order valence-corrected chi connectivity index (χ4v) is 1.59. The van der Waals surface area contributed by atoms with Gasteiger partial charge in [0.15, 0.2) is 0 Å². The Morgan fingerprint density at radius 3 is 3.00 bits per heavy atom. The number of fused-ring (bicyclic) bond motifs is 1. The van der Waals surface area contributed by atoms with Crippen molar-refractivity contribution in [2.45, 2.75) is 6.92 Å². The lowest BCUT2D eigenvalue weighted by Gasteiger charge is -1.99. The summed E-state index contributed by atoms with van der Waals surface area (Å²) >= 11 is 3.25. The third-order valence-electron chi connectivity index (χ3n) is 1.88. The van der Waals surface area contributed by atoms with Crippen molar-refractivity contribution in [3.63, 3.8) is 0 Å². The molecule has 2 aromatic rings. The van der Waals surface area contributed by atoms with Gasteiger partial charge in [0.2, 0.25) is 5.56 Å². The molecule has 0 fully saturated rings. The first kappa shape index (κ1) is 8.44. The van der Waals surface area contributed by atoms with Crippen LogP contribution in [0, 0.1) is 6.92 Å². The zero-order valence-corrected chi connectivity index (χ0v) is 8.55. The fourth-order valence-electron chi connectivity index (χ4n) is 1.28. The minimum absolute atomic E-state index is 0.115. The molecule has 0 radical (unpaired) electrons. The van der Waals surface area contributed by atoms with E-state index in [4.69, 9.17) is 0 Å². The van der Waals surface area contributed by atoms with E-state index in [2.05, 4.69) is 25.9 Å².